The van der Waals surface area contributed by atoms with Crippen LogP contribution in [0.1, 0.15) is 72.0 Å². The molecule has 2 N–H and O–H groups in total. The van der Waals surface area contributed by atoms with Crippen LogP contribution in [0.4, 0.5) is 0 Å². The minimum atomic E-state index is -0.216. The summed E-state index contributed by atoms with van der Waals surface area (Å²) >= 11 is 1.59. The second-order valence-electron chi connectivity index (χ2n) is 9.51. The first-order chi connectivity index (χ1) is 12.5. The Balaban J connectivity index is 1.24. The van der Waals surface area contributed by atoms with Crippen molar-refractivity contribution in [3.8, 4) is 0 Å². The van der Waals surface area contributed by atoms with Crippen molar-refractivity contribution in [3.63, 3.8) is 0 Å². The molecule has 1 aromatic rings. The summed E-state index contributed by atoms with van der Waals surface area (Å²) in [7, 11) is 0. The topological polar surface area (TPSA) is 58.2 Å². The molecule has 5 aliphatic carbocycles. The fraction of sp³-hybridized carbons (Fsp3) is 0.714. The molecule has 5 aliphatic rings. The number of hydrogen-bond acceptors (Lipinski definition) is 3. The number of amides is 2. The van der Waals surface area contributed by atoms with Gasteiger partial charge in [0.2, 0.25) is 5.91 Å². The smallest absolute Gasteiger partial charge is 0.273 e. The minimum absolute atomic E-state index is 0.0555. The average molecular weight is 373 g/mol. The van der Waals surface area contributed by atoms with Gasteiger partial charge in [0.1, 0.15) is 0 Å². The maximum absolute atomic E-state index is 12.9. The number of hydrogen-bond donors (Lipinski definition) is 2. The molecule has 0 aliphatic heterocycles. The van der Waals surface area contributed by atoms with Crippen LogP contribution in [0, 0.1) is 29.1 Å². The molecule has 1 aromatic heterocycles. The van der Waals surface area contributed by atoms with Crippen LogP contribution in [0.2, 0.25) is 0 Å². The van der Waals surface area contributed by atoms with Crippen molar-refractivity contribution < 1.29 is 9.59 Å². The van der Waals surface area contributed by atoms with E-state index in [-0.39, 0.29) is 17.2 Å². The van der Waals surface area contributed by atoms with Crippen LogP contribution in [-0.4, -0.2) is 11.8 Å². The lowest BCUT2D eigenvalue weighted by Gasteiger charge is -2.55. The van der Waals surface area contributed by atoms with Gasteiger partial charge < -0.3 is 0 Å². The number of carbonyl (C=O) groups is 2. The Hall–Kier alpha value is -1.36. The normalized spacial score (nSPS) is 37.3. The number of thiophene rings is 1. The molecule has 0 aromatic carbocycles. The molecule has 4 saturated carbocycles. The third-order valence-corrected chi connectivity index (χ3v) is 8.60. The molecule has 5 heteroatoms. The summed E-state index contributed by atoms with van der Waals surface area (Å²) in [6.45, 7) is 2.27. The monoisotopic (exact) mass is 372 g/mol. The lowest BCUT2D eigenvalue weighted by Crippen LogP contribution is -2.56. The van der Waals surface area contributed by atoms with Gasteiger partial charge in [-0.25, -0.2) is 0 Å². The van der Waals surface area contributed by atoms with Gasteiger partial charge in [-0.3, -0.25) is 20.4 Å². The molecule has 6 rings (SSSR count). The maximum atomic E-state index is 12.9. The molecule has 0 spiro atoms. The summed E-state index contributed by atoms with van der Waals surface area (Å²) in [6, 6.07) is 2.03. The second kappa shape index (κ2) is 6.08. The zero-order chi connectivity index (χ0) is 17.9. The average Bonchev–Trinajstić information content (AvgIpc) is 3.01. The van der Waals surface area contributed by atoms with E-state index in [0.29, 0.717) is 5.92 Å². The molecule has 1 heterocycles. The first-order valence-electron chi connectivity index (χ1n) is 10.2. The first kappa shape index (κ1) is 16.8. The van der Waals surface area contributed by atoms with Crippen molar-refractivity contribution in [2.24, 2.45) is 29.1 Å². The van der Waals surface area contributed by atoms with Gasteiger partial charge in [0.15, 0.2) is 0 Å². The van der Waals surface area contributed by atoms with E-state index < -0.39 is 0 Å². The minimum Gasteiger partial charge on any atom is -0.273 e. The second-order valence-corrected chi connectivity index (χ2v) is 10.6. The van der Waals surface area contributed by atoms with Crippen molar-refractivity contribution in [1.82, 2.24) is 10.9 Å². The van der Waals surface area contributed by atoms with Gasteiger partial charge in [0.05, 0.1) is 10.3 Å². The van der Waals surface area contributed by atoms with Crippen molar-refractivity contribution in [2.45, 2.75) is 64.7 Å². The molecule has 26 heavy (non-hydrogen) atoms. The molecule has 140 valence electrons. The fourth-order valence-electron chi connectivity index (χ4n) is 6.51. The third kappa shape index (κ3) is 2.79. The van der Waals surface area contributed by atoms with Crippen LogP contribution in [0.3, 0.4) is 0 Å². The lowest BCUT2D eigenvalue weighted by atomic mass is 9.49. The van der Waals surface area contributed by atoms with Gasteiger partial charge in [-0.15, -0.1) is 11.3 Å². The molecule has 4 bridgehead atoms. The predicted molar refractivity (Wildman–Crippen MR) is 102 cm³/mol. The van der Waals surface area contributed by atoms with E-state index >= 15 is 0 Å². The summed E-state index contributed by atoms with van der Waals surface area (Å²) in [5, 5.41) is 0. The van der Waals surface area contributed by atoms with Gasteiger partial charge in [0, 0.05) is 4.88 Å². The largest absolute Gasteiger partial charge is 0.279 e. The lowest BCUT2D eigenvalue weighted by molar-refractivity contribution is -0.147. The third-order valence-electron chi connectivity index (χ3n) is 7.36. The Morgan fingerprint density at radius 1 is 1.08 bits per heavy atom. The highest BCUT2D eigenvalue weighted by atomic mass is 32.1. The van der Waals surface area contributed by atoms with E-state index in [1.54, 1.807) is 11.3 Å². The quantitative estimate of drug-likeness (QED) is 0.775. The van der Waals surface area contributed by atoms with Crippen LogP contribution in [0.25, 0.3) is 0 Å². The number of carbonyl (C=O) groups excluding carboxylic acids is 2. The van der Waals surface area contributed by atoms with E-state index in [0.717, 1.165) is 54.7 Å². The SMILES string of the molecule is CC1CCc2sc(C(=O)NNC(=O)C34CC5CC(CC(C5)C3)C4)cc2C1. The highest BCUT2D eigenvalue weighted by molar-refractivity contribution is 7.14. The Labute approximate surface area is 159 Å². The van der Waals surface area contributed by atoms with Crippen LogP contribution < -0.4 is 10.9 Å². The Kier molecular flexibility index (Phi) is 3.93. The van der Waals surface area contributed by atoms with E-state index in [9.17, 15) is 9.59 Å². The van der Waals surface area contributed by atoms with E-state index in [1.807, 2.05) is 6.07 Å². The summed E-state index contributed by atoms with van der Waals surface area (Å²) in [5.74, 6) is 2.79. The van der Waals surface area contributed by atoms with Crippen LogP contribution in [-0.2, 0) is 17.6 Å². The van der Waals surface area contributed by atoms with Gasteiger partial charge in [-0.1, -0.05) is 6.92 Å². The molecule has 2 amide bonds. The van der Waals surface area contributed by atoms with E-state index in [2.05, 4.69) is 17.8 Å². The number of nitrogens with one attached hydrogen (secondary N) is 2. The number of aryl methyl sites for hydroxylation is 1. The summed E-state index contributed by atoms with van der Waals surface area (Å²) in [6.07, 6.45) is 10.4. The Morgan fingerprint density at radius 2 is 1.73 bits per heavy atom. The number of fused-ring (bicyclic) bond motifs is 1. The van der Waals surface area contributed by atoms with E-state index in [4.69, 9.17) is 0 Å². The fourth-order valence-corrected chi connectivity index (χ4v) is 7.62. The molecular formula is C21H28N2O2S. The van der Waals surface area contributed by atoms with Crippen molar-refractivity contribution in [2.75, 3.05) is 0 Å². The first-order valence-corrected chi connectivity index (χ1v) is 11.0. The van der Waals surface area contributed by atoms with Crippen LogP contribution in [0.15, 0.2) is 6.07 Å². The van der Waals surface area contributed by atoms with Gasteiger partial charge in [-0.2, -0.15) is 0 Å². The predicted octanol–water partition coefficient (Wildman–Crippen LogP) is 3.85. The van der Waals surface area contributed by atoms with E-state index in [1.165, 1.54) is 36.1 Å². The van der Waals surface area contributed by atoms with Gasteiger partial charge in [0.25, 0.3) is 5.91 Å². The highest BCUT2D eigenvalue weighted by Crippen LogP contribution is 2.60. The Morgan fingerprint density at radius 3 is 2.38 bits per heavy atom. The molecule has 4 fully saturated rings. The molecule has 0 saturated heterocycles. The van der Waals surface area contributed by atoms with Gasteiger partial charge in [-0.05, 0) is 93.1 Å². The summed E-state index contributed by atoms with van der Waals surface area (Å²) in [5.41, 5.74) is 6.62. The number of rotatable bonds is 2. The molecule has 1 atom stereocenters. The molecule has 4 nitrogen and oxygen atoms in total. The Bertz CT molecular complexity index is 718. The molecular weight excluding hydrogens is 344 g/mol. The standard InChI is InChI=1S/C21H28N2O2S/c1-12-2-3-17-16(4-12)8-18(26-17)19(24)22-23-20(25)21-9-13-5-14(10-21)7-15(6-13)11-21/h8,12-15H,2-7,9-11H2,1H3,(H,22,24)(H,23,25). The summed E-state index contributed by atoms with van der Waals surface area (Å²) < 4.78 is 0. The summed E-state index contributed by atoms with van der Waals surface area (Å²) in [4.78, 5) is 27.6. The highest BCUT2D eigenvalue weighted by Gasteiger charge is 2.54. The van der Waals surface area contributed by atoms with Crippen molar-refractivity contribution >= 4 is 23.2 Å². The molecule has 0 radical (unpaired) electrons. The van der Waals surface area contributed by atoms with Crippen LogP contribution >= 0.6 is 11.3 Å². The molecule has 1 unspecified atom stereocenters. The number of hydrazine groups is 1. The zero-order valence-electron chi connectivity index (χ0n) is 15.5. The maximum Gasteiger partial charge on any atom is 0.279 e. The van der Waals surface area contributed by atoms with Crippen LogP contribution in [0.5, 0.6) is 0 Å². The zero-order valence-corrected chi connectivity index (χ0v) is 16.3. The van der Waals surface area contributed by atoms with Gasteiger partial charge >= 0.3 is 0 Å². The van der Waals surface area contributed by atoms with Crippen molar-refractivity contribution in [3.05, 3.63) is 21.4 Å². The van der Waals surface area contributed by atoms with Crippen molar-refractivity contribution in [1.29, 1.82) is 0 Å².